The number of hydrogen-bond donors (Lipinski definition) is 3. The summed E-state index contributed by atoms with van der Waals surface area (Å²) in [5, 5.41) is 15.0. The van der Waals surface area contributed by atoms with Gasteiger partial charge in [0.2, 0.25) is 5.91 Å². The second kappa shape index (κ2) is 8.49. The van der Waals surface area contributed by atoms with Crippen LogP contribution >= 0.6 is 12.4 Å². The van der Waals surface area contributed by atoms with Crippen molar-refractivity contribution in [1.29, 1.82) is 0 Å². The van der Waals surface area contributed by atoms with Gasteiger partial charge in [-0.1, -0.05) is 30.3 Å². The molecule has 0 radical (unpaired) electrons. The van der Waals surface area contributed by atoms with E-state index in [-0.39, 0.29) is 24.4 Å². The van der Waals surface area contributed by atoms with E-state index in [4.69, 9.17) is 5.11 Å². The van der Waals surface area contributed by atoms with E-state index < -0.39 is 6.09 Å². The lowest BCUT2D eigenvalue weighted by molar-refractivity contribution is -0.120. The molecule has 7 heteroatoms. The van der Waals surface area contributed by atoms with E-state index >= 15 is 0 Å². The van der Waals surface area contributed by atoms with Crippen LogP contribution in [-0.4, -0.2) is 54.2 Å². The van der Waals surface area contributed by atoms with Crippen LogP contribution in [0.1, 0.15) is 5.56 Å². The molecular weight excluding hydrogens is 294 g/mol. The molecule has 21 heavy (non-hydrogen) atoms. The van der Waals surface area contributed by atoms with Crippen molar-refractivity contribution in [2.75, 3.05) is 26.2 Å². The first-order valence-electron chi connectivity index (χ1n) is 6.67. The van der Waals surface area contributed by atoms with Gasteiger partial charge in [0.25, 0.3) is 0 Å². The number of nitrogens with one attached hydrogen (secondary N) is 2. The molecule has 0 bridgehead atoms. The van der Waals surface area contributed by atoms with Crippen molar-refractivity contribution in [2.24, 2.45) is 0 Å². The summed E-state index contributed by atoms with van der Waals surface area (Å²) in [6, 6.07) is 9.26. The van der Waals surface area contributed by atoms with E-state index in [0.717, 1.165) is 5.56 Å². The molecule has 1 saturated heterocycles. The molecule has 2 amide bonds. The van der Waals surface area contributed by atoms with Crippen molar-refractivity contribution in [3.05, 3.63) is 35.9 Å². The Kier molecular flexibility index (Phi) is 6.98. The average molecular weight is 314 g/mol. The van der Waals surface area contributed by atoms with E-state index in [2.05, 4.69) is 10.6 Å². The quantitative estimate of drug-likeness (QED) is 0.765. The Balaban J connectivity index is 0.00000220. The molecule has 0 aliphatic carbocycles. The van der Waals surface area contributed by atoms with Crippen molar-refractivity contribution in [3.8, 4) is 0 Å². The molecule has 6 nitrogen and oxygen atoms in total. The van der Waals surface area contributed by atoms with Gasteiger partial charge in [-0.2, -0.15) is 0 Å². The summed E-state index contributed by atoms with van der Waals surface area (Å²) in [4.78, 5) is 24.3. The highest BCUT2D eigenvalue weighted by molar-refractivity contribution is 5.85. The minimum atomic E-state index is -0.936. The Labute approximate surface area is 129 Å². The van der Waals surface area contributed by atoms with Crippen molar-refractivity contribution >= 4 is 24.4 Å². The molecular formula is C14H20ClN3O3. The summed E-state index contributed by atoms with van der Waals surface area (Å²) in [5.74, 6) is -0.0906. The van der Waals surface area contributed by atoms with Crippen molar-refractivity contribution in [1.82, 2.24) is 15.5 Å². The first kappa shape index (κ1) is 17.3. The van der Waals surface area contributed by atoms with Gasteiger partial charge >= 0.3 is 6.09 Å². The number of carboxylic acid groups (broad SMARTS) is 1. The third-order valence-electron chi connectivity index (χ3n) is 3.34. The van der Waals surface area contributed by atoms with Gasteiger partial charge in [-0.25, -0.2) is 4.79 Å². The van der Waals surface area contributed by atoms with Gasteiger partial charge < -0.3 is 20.6 Å². The van der Waals surface area contributed by atoms with E-state index in [0.29, 0.717) is 32.6 Å². The maximum atomic E-state index is 11.8. The third kappa shape index (κ3) is 5.24. The predicted octanol–water partition coefficient (Wildman–Crippen LogP) is 0.719. The summed E-state index contributed by atoms with van der Waals surface area (Å²) < 4.78 is 0. The molecule has 1 aromatic rings. The number of carbonyl (C=O) groups excluding carboxylic acids is 1. The second-order valence-corrected chi connectivity index (χ2v) is 4.80. The number of hydrogen-bond acceptors (Lipinski definition) is 3. The van der Waals surface area contributed by atoms with Crippen LogP contribution in [0.4, 0.5) is 4.79 Å². The molecule has 1 unspecified atom stereocenters. The van der Waals surface area contributed by atoms with E-state index in [1.165, 1.54) is 4.90 Å². The molecule has 1 aliphatic rings. The van der Waals surface area contributed by atoms with Gasteiger partial charge in [0.15, 0.2) is 0 Å². The van der Waals surface area contributed by atoms with Gasteiger partial charge in [-0.05, 0) is 5.56 Å². The number of benzene rings is 1. The molecule has 1 aliphatic heterocycles. The summed E-state index contributed by atoms with van der Waals surface area (Å²) in [7, 11) is 0. The summed E-state index contributed by atoms with van der Waals surface area (Å²) in [5.41, 5.74) is 0.946. The lowest BCUT2D eigenvalue weighted by Gasteiger charge is -2.34. The van der Waals surface area contributed by atoms with Crippen LogP contribution in [0.25, 0.3) is 0 Å². The van der Waals surface area contributed by atoms with Gasteiger partial charge in [0.1, 0.15) is 0 Å². The average Bonchev–Trinajstić information content (AvgIpc) is 2.46. The standard InChI is InChI=1S/C14H19N3O3.ClH/c18-13(8-11-4-2-1-3-5-11)16-10-12-9-15-6-7-17(12)14(19)20;/h1-5,12,15H,6-10H2,(H,16,18)(H,19,20);1H. The number of carbonyl (C=O) groups is 2. The maximum Gasteiger partial charge on any atom is 0.407 e. The Morgan fingerprint density at radius 3 is 2.71 bits per heavy atom. The van der Waals surface area contributed by atoms with Gasteiger partial charge in [0, 0.05) is 26.2 Å². The minimum Gasteiger partial charge on any atom is -0.465 e. The monoisotopic (exact) mass is 313 g/mol. The molecule has 1 heterocycles. The Morgan fingerprint density at radius 2 is 2.05 bits per heavy atom. The first-order chi connectivity index (χ1) is 9.66. The smallest absolute Gasteiger partial charge is 0.407 e. The molecule has 1 aromatic carbocycles. The second-order valence-electron chi connectivity index (χ2n) is 4.80. The molecule has 1 atom stereocenters. The SMILES string of the molecule is Cl.O=C(Cc1ccccc1)NCC1CNCCN1C(=O)O. The van der Waals surface area contributed by atoms with E-state index in [1.54, 1.807) is 0 Å². The Bertz CT molecular complexity index is 470. The van der Waals surface area contributed by atoms with Crippen LogP contribution < -0.4 is 10.6 Å². The number of rotatable bonds is 4. The van der Waals surface area contributed by atoms with Gasteiger partial charge in [-0.3, -0.25) is 4.79 Å². The van der Waals surface area contributed by atoms with E-state index in [1.807, 2.05) is 30.3 Å². The highest BCUT2D eigenvalue weighted by atomic mass is 35.5. The summed E-state index contributed by atoms with van der Waals surface area (Å²) in [6.45, 7) is 2.01. The molecule has 0 aromatic heterocycles. The highest BCUT2D eigenvalue weighted by Crippen LogP contribution is 2.03. The first-order valence-corrected chi connectivity index (χ1v) is 6.67. The summed E-state index contributed by atoms with van der Waals surface area (Å²) >= 11 is 0. The number of piperazine rings is 1. The van der Waals surface area contributed by atoms with Crippen molar-refractivity contribution < 1.29 is 14.7 Å². The minimum absolute atomic E-state index is 0. The normalized spacial score (nSPS) is 17.7. The largest absolute Gasteiger partial charge is 0.465 e. The fraction of sp³-hybridized carbons (Fsp3) is 0.429. The zero-order valence-corrected chi connectivity index (χ0v) is 12.4. The third-order valence-corrected chi connectivity index (χ3v) is 3.34. The molecule has 116 valence electrons. The zero-order valence-electron chi connectivity index (χ0n) is 11.6. The fourth-order valence-electron chi connectivity index (χ4n) is 2.27. The van der Waals surface area contributed by atoms with Crippen LogP contribution in [0, 0.1) is 0 Å². The van der Waals surface area contributed by atoms with Crippen LogP contribution in [-0.2, 0) is 11.2 Å². The maximum absolute atomic E-state index is 11.8. The number of halogens is 1. The number of amides is 2. The Hall–Kier alpha value is -1.79. The number of nitrogens with zero attached hydrogens (tertiary/aromatic N) is 1. The lowest BCUT2D eigenvalue weighted by Crippen LogP contribution is -2.57. The molecule has 0 saturated carbocycles. The lowest BCUT2D eigenvalue weighted by atomic mass is 10.1. The molecule has 3 N–H and O–H groups in total. The molecule has 2 rings (SSSR count). The Morgan fingerprint density at radius 1 is 1.33 bits per heavy atom. The topological polar surface area (TPSA) is 81.7 Å². The van der Waals surface area contributed by atoms with E-state index in [9.17, 15) is 9.59 Å². The van der Waals surface area contributed by atoms with Crippen LogP contribution in [0.5, 0.6) is 0 Å². The van der Waals surface area contributed by atoms with Crippen LogP contribution in [0.15, 0.2) is 30.3 Å². The molecule has 0 spiro atoms. The summed E-state index contributed by atoms with van der Waals surface area (Å²) in [6.07, 6.45) is -0.623. The van der Waals surface area contributed by atoms with Crippen molar-refractivity contribution in [2.45, 2.75) is 12.5 Å². The van der Waals surface area contributed by atoms with Gasteiger partial charge in [-0.15, -0.1) is 12.4 Å². The predicted molar refractivity (Wildman–Crippen MR) is 81.8 cm³/mol. The fourth-order valence-corrected chi connectivity index (χ4v) is 2.27. The van der Waals surface area contributed by atoms with Gasteiger partial charge in [0.05, 0.1) is 12.5 Å². The van der Waals surface area contributed by atoms with Crippen molar-refractivity contribution in [3.63, 3.8) is 0 Å². The van der Waals surface area contributed by atoms with Crippen LogP contribution in [0.2, 0.25) is 0 Å². The zero-order chi connectivity index (χ0) is 14.4. The highest BCUT2D eigenvalue weighted by Gasteiger charge is 2.26. The molecule has 1 fully saturated rings. The van der Waals surface area contributed by atoms with Crippen LogP contribution in [0.3, 0.4) is 0 Å².